The average Bonchev–Trinajstić information content (AvgIpc) is 2.36. The molecule has 0 aliphatic carbocycles. The Balaban J connectivity index is 2.46. The standard InChI is InChI=1S/C13H17BrFNO3/c1-8(6-17)9(2)16-13(18)7-19-12-4-3-10(15)5-11(12)14/h3-5,8-9,17H,6-7H2,1-2H3,(H,16,18). The lowest BCUT2D eigenvalue weighted by molar-refractivity contribution is -0.124. The van der Waals surface area contributed by atoms with Gasteiger partial charge in [0.15, 0.2) is 6.61 Å². The Hall–Kier alpha value is -1.14. The fourth-order valence-corrected chi connectivity index (χ4v) is 1.80. The molecule has 0 fully saturated rings. The number of rotatable bonds is 6. The number of carbonyl (C=O) groups excluding carboxylic acids is 1. The number of aliphatic hydroxyl groups excluding tert-OH is 1. The van der Waals surface area contributed by atoms with E-state index in [1.807, 2.05) is 13.8 Å². The molecule has 0 aliphatic heterocycles. The van der Waals surface area contributed by atoms with E-state index >= 15 is 0 Å². The molecule has 1 amide bonds. The molecule has 2 N–H and O–H groups in total. The second-order valence-corrected chi connectivity index (χ2v) is 5.23. The van der Waals surface area contributed by atoms with E-state index in [0.717, 1.165) is 0 Å². The number of halogens is 2. The number of amides is 1. The minimum Gasteiger partial charge on any atom is -0.483 e. The zero-order chi connectivity index (χ0) is 14.4. The van der Waals surface area contributed by atoms with Crippen molar-refractivity contribution in [3.05, 3.63) is 28.5 Å². The molecule has 0 saturated heterocycles. The third-order valence-electron chi connectivity index (χ3n) is 2.78. The maximum Gasteiger partial charge on any atom is 0.258 e. The van der Waals surface area contributed by atoms with Crippen LogP contribution in [0, 0.1) is 11.7 Å². The zero-order valence-corrected chi connectivity index (χ0v) is 12.4. The Morgan fingerprint density at radius 1 is 1.53 bits per heavy atom. The number of nitrogens with one attached hydrogen (secondary N) is 1. The van der Waals surface area contributed by atoms with Crippen molar-refractivity contribution in [2.75, 3.05) is 13.2 Å². The van der Waals surface area contributed by atoms with Gasteiger partial charge in [-0.15, -0.1) is 0 Å². The van der Waals surface area contributed by atoms with Crippen LogP contribution in [0.25, 0.3) is 0 Å². The van der Waals surface area contributed by atoms with Gasteiger partial charge in [-0.3, -0.25) is 4.79 Å². The van der Waals surface area contributed by atoms with Crippen LogP contribution in [0.1, 0.15) is 13.8 Å². The van der Waals surface area contributed by atoms with E-state index in [9.17, 15) is 9.18 Å². The molecule has 1 aromatic carbocycles. The van der Waals surface area contributed by atoms with E-state index in [4.69, 9.17) is 9.84 Å². The number of carbonyl (C=O) groups is 1. The van der Waals surface area contributed by atoms with Gasteiger partial charge in [-0.25, -0.2) is 4.39 Å². The third-order valence-corrected chi connectivity index (χ3v) is 3.40. The molecule has 0 saturated carbocycles. The molecule has 0 radical (unpaired) electrons. The van der Waals surface area contributed by atoms with Crippen molar-refractivity contribution in [3.63, 3.8) is 0 Å². The van der Waals surface area contributed by atoms with Gasteiger partial charge in [0, 0.05) is 12.6 Å². The molecule has 1 aromatic rings. The molecule has 0 aromatic heterocycles. The molecule has 4 nitrogen and oxygen atoms in total. The van der Waals surface area contributed by atoms with Gasteiger partial charge in [-0.1, -0.05) is 6.92 Å². The lowest BCUT2D eigenvalue weighted by atomic mass is 10.1. The van der Waals surface area contributed by atoms with Crippen LogP contribution >= 0.6 is 15.9 Å². The molecule has 0 bridgehead atoms. The van der Waals surface area contributed by atoms with Crippen molar-refractivity contribution < 1.29 is 19.0 Å². The molecule has 0 aliphatic rings. The minimum absolute atomic E-state index is 0.00577. The Kier molecular flexibility index (Phi) is 6.24. The number of hydrogen-bond donors (Lipinski definition) is 2. The highest BCUT2D eigenvalue weighted by molar-refractivity contribution is 9.10. The largest absolute Gasteiger partial charge is 0.483 e. The van der Waals surface area contributed by atoms with Crippen LogP contribution in [0.5, 0.6) is 5.75 Å². The molecular formula is C13H17BrFNO3. The van der Waals surface area contributed by atoms with E-state index in [0.29, 0.717) is 10.2 Å². The summed E-state index contributed by atoms with van der Waals surface area (Å²) in [6.07, 6.45) is 0. The number of benzene rings is 1. The molecule has 0 heterocycles. The molecule has 2 unspecified atom stereocenters. The summed E-state index contributed by atoms with van der Waals surface area (Å²) >= 11 is 3.15. The van der Waals surface area contributed by atoms with Crippen LogP contribution in [-0.2, 0) is 4.79 Å². The highest BCUT2D eigenvalue weighted by Crippen LogP contribution is 2.25. The molecule has 1 rings (SSSR count). The number of hydrogen-bond acceptors (Lipinski definition) is 3. The van der Waals surface area contributed by atoms with Crippen LogP contribution in [0.15, 0.2) is 22.7 Å². The minimum atomic E-state index is -0.380. The van der Waals surface area contributed by atoms with Crippen molar-refractivity contribution in [1.82, 2.24) is 5.32 Å². The van der Waals surface area contributed by atoms with Gasteiger partial charge in [0.25, 0.3) is 5.91 Å². The Labute approximate surface area is 120 Å². The van der Waals surface area contributed by atoms with Crippen molar-refractivity contribution in [1.29, 1.82) is 0 Å². The first-order chi connectivity index (χ1) is 8.93. The van der Waals surface area contributed by atoms with Crippen molar-refractivity contribution in [3.8, 4) is 5.75 Å². The monoisotopic (exact) mass is 333 g/mol. The van der Waals surface area contributed by atoms with E-state index in [2.05, 4.69) is 21.2 Å². The first-order valence-corrected chi connectivity index (χ1v) is 6.71. The lowest BCUT2D eigenvalue weighted by Crippen LogP contribution is -2.40. The van der Waals surface area contributed by atoms with Gasteiger partial charge in [-0.05, 0) is 47.0 Å². The fourth-order valence-electron chi connectivity index (χ4n) is 1.33. The second-order valence-electron chi connectivity index (χ2n) is 4.38. The molecule has 0 spiro atoms. The summed E-state index contributed by atoms with van der Waals surface area (Å²) in [7, 11) is 0. The number of aliphatic hydroxyl groups is 1. The van der Waals surface area contributed by atoms with Gasteiger partial charge >= 0.3 is 0 Å². The van der Waals surface area contributed by atoms with Gasteiger partial charge in [-0.2, -0.15) is 0 Å². The Morgan fingerprint density at radius 3 is 2.79 bits per heavy atom. The van der Waals surface area contributed by atoms with E-state index in [1.54, 1.807) is 0 Å². The summed E-state index contributed by atoms with van der Waals surface area (Å²) in [6.45, 7) is 3.49. The predicted molar refractivity (Wildman–Crippen MR) is 73.4 cm³/mol. The summed E-state index contributed by atoms with van der Waals surface area (Å²) in [5.41, 5.74) is 0. The highest BCUT2D eigenvalue weighted by atomic mass is 79.9. The Morgan fingerprint density at radius 2 is 2.21 bits per heavy atom. The van der Waals surface area contributed by atoms with Crippen LogP contribution < -0.4 is 10.1 Å². The number of ether oxygens (including phenoxy) is 1. The summed E-state index contributed by atoms with van der Waals surface area (Å²) < 4.78 is 18.6. The molecule has 19 heavy (non-hydrogen) atoms. The van der Waals surface area contributed by atoms with Crippen molar-refractivity contribution in [2.45, 2.75) is 19.9 Å². The van der Waals surface area contributed by atoms with Gasteiger partial charge < -0.3 is 15.2 Å². The van der Waals surface area contributed by atoms with E-state index < -0.39 is 0 Å². The van der Waals surface area contributed by atoms with Crippen LogP contribution in [-0.4, -0.2) is 30.3 Å². The SMILES string of the molecule is CC(CO)C(C)NC(=O)COc1ccc(F)cc1Br. The average molecular weight is 334 g/mol. The summed E-state index contributed by atoms with van der Waals surface area (Å²) in [5, 5.41) is 11.7. The first-order valence-electron chi connectivity index (χ1n) is 5.92. The van der Waals surface area contributed by atoms with Crippen molar-refractivity contribution >= 4 is 21.8 Å². The van der Waals surface area contributed by atoms with Crippen LogP contribution in [0.3, 0.4) is 0 Å². The van der Waals surface area contributed by atoms with Gasteiger partial charge in [0.05, 0.1) is 4.47 Å². The highest BCUT2D eigenvalue weighted by Gasteiger charge is 2.14. The summed E-state index contributed by atoms with van der Waals surface area (Å²) in [6, 6.07) is 3.84. The maximum atomic E-state index is 12.9. The maximum absolute atomic E-state index is 12.9. The Bertz CT molecular complexity index is 442. The fraction of sp³-hybridized carbons (Fsp3) is 0.462. The van der Waals surface area contributed by atoms with E-state index in [-0.39, 0.29) is 36.9 Å². The van der Waals surface area contributed by atoms with Crippen LogP contribution in [0.2, 0.25) is 0 Å². The quantitative estimate of drug-likeness (QED) is 0.838. The summed E-state index contributed by atoms with van der Waals surface area (Å²) in [4.78, 5) is 11.6. The predicted octanol–water partition coefficient (Wildman–Crippen LogP) is 2.10. The molecule has 106 valence electrons. The van der Waals surface area contributed by atoms with Crippen molar-refractivity contribution in [2.24, 2.45) is 5.92 Å². The smallest absolute Gasteiger partial charge is 0.258 e. The summed E-state index contributed by atoms with van der Waals surface area (Å²) in [5.74, 6) is -0.293. The lowest BCUT2D eigenvalue weighted by Gasteiger charge is -2.19. The van der Waals surface area contributed by atoms with Gasteiger partial charge in [0.2, 0.25) is 0 Å². The third kappa shape index (κ3) is 5.16. The first kappa shape index (κ1) is 15.9. The van der Waals surface area contributed by atoms with E-state index in [1.165, 1.54) is 18.2 Å². The zero-order valence-electron chi connectivity index (χ0n) is 10.8. The second kappa shape index (κ2) is 7.45. The topological polar surface area (TPSA) is 58.6 Å². The normalized spacial score (nSPS) is 13.7. The molecular weight excluding hydrogens is 317 g/mol. The molecule has 6 heteroatoms. The molecule has 2 atom stereocenters. The van der Waals surface area contributed by atoms with Gasteiger partial charge in [0.1, 0.15) is 11.6 Å². The van der Waals surface area contributed by atoms with Crippen LogP contribution in [0.4, 0.5) is 4.39 Å².